The van der Waals surface area contributed by atoms with Gasteiger partial charge in [0.25, 0.3) is 0 Å². The molecule has 0 aliphatic carbocycles. The van der Waals surface area contributed by atoms with Crippen molar-refractivity contribution < 1.29 is 31.3 Å². The number of hydrogen-bond acceptors (Lipinski definition) is 6. The first kappa shape index (κ1) is 21.2. The normalized spacial score (nSPS) is 12.4. The lowest BCUT2D eigenvalue weighted by molar-refractivity contribution is 0.103. The van der Waals surface area contributed by atoms with E-state index in [0.717, 1.165) is 11.8 Å². The highest BCUT2D eigenvalue weighted by atomic mass is 32.2. The predicted octanol–water partition coefficient (Wildman–Crippen LogP) is 3.76. The van der Waals surface area contributed by atoms with Gasteiger partial charge in [0.2, 0.25) is 5.78 Å². The molecule has 0 fully saturated rings. The van der Waals surface area contributed by atoms with Gasteiger partial charge < -0.3 is 9.29 Å². The van der Waals surface area contributed by atoms with E-state index >= 15 is 0 Å². The monoisotopic (exact) mass is 409 g/mol. The van der Waals surface area contributed by atoms with E-state index in [9.17, 15) is 27.1 Å². The van der Waals surface area contributed by atoms with Crippen molar-refractivity contribution in [2.24, 2.45) is 4.99 Å². The summed E-state index contributed by atoms with van der Waals surface area (Å²) in [5.41, 5.74) is -0.140. The van der Waals surface area contributed by atoms with Gasteiger partial charge in [-0.05, 0) is 32.0 Å². The zero-order valence-corrected chi connectivity index (χ0v) is 15.8. The fourth-order valence-corrected chi connectivity index (χ4v) is 3.08. The van der Waals surface area contributed by atoms with Gasteiger partial charge in [-0.1, -0.05) is 17.7 Å². The van der Waals surface area contributed by atoms with Gasteiger partial charge in [0, 0.05) is 18.8 Å². The number of carbonyl (C=O) groups is 1. The third-order valence-corrected chi connectivity index (χ3v) is 4.84. The molecular weight excluding hydrogens is 392 g/mol. The number of nitrogens with zero attached hydrogens (tertiary/aromatic N) is 1. The van der Waals surface area contributed by atoms with Gasteiger partial charge in [0.05, 0.1) is 17.4 Å². The van der Waals surface area contributed by atoms with E-state index in [2.05, 4.69) is 4.99 Å². The Morgan fingerprint density at radius 2 is 1.79 bits per heavy atom. The maximum Gasteiger partial charge on any atom is 0.339 e. The minimum absolute atomic E-state index is 0.230. The number of benzene rings is 2. The summed E-state index contributed by atoms with van der Waals surface area (Å²) in [4.78, 5) is 16.1. The number of carbonyl (C=O) groups excluding carboxylic acids is 1. The Bertz CT molecular complexity index is 1040. The van der Waals surface area contributed by atoms with Crippen LogP contribution in [-0.4, -0.2) is 32.1 Å². The molecule has 2 aromatic carbocycles. The average Bonchev–Trinajstić information content (AvgIpc) is 2.65. The lowest BCUT2D eigenvalue weighted by atomic mass is 10.0. The number of allylic oxidation sites excluding steroid dienone is 1. The maximum absolute atomic E-state index is 13.7. The summed E-state index contributed by atoms with van der Waals surface area (Å²) < 4.78 is 57.2. The van der Waals surface area contributed by atoms with Gasteiger partial charge in [-0.25, -0.2) is 8.78 Å². The Hall–Kier alpha value is -3.07. The van der Waals surface area contributed by atoms with Crippen molar-refractivity contribution in [2.75, 3.05) is 6.54 Å². The number of aliphatic imine (C=N–C) groups is 1. The van der Waals surface area contributed by atoms with Crippen molar-refractivity contribution in [3.8, 4) is 5.75 Å². The second-order valence-corrected chi connectivity index (χ2v) is 7.20. The van der Waals surface area contributed by atoms with Crippen LogP contribution in [0.4, 0.5) is 8.78 Å². The van der Waals surface area contributed by atoms with Crippen LogP contribution in [0.1, 0.15) is 22.8 Å². The third kappa shape index (κ3) is 4.80. The van der Waals surface area contributed by atoms with Crippen LogP contribution in [0.25, 0.3) is 0 Å². The van der Waals surface area contributed by atoms with Gasteiger partial charge in [0.1, 0.15) is 4.90 Å². The Labute approximate surface area is 160 Å². The number of aliphatic hydroxyl groups excluding tert-OH is 1. The van der Waals surface area contributed by atoms with Crippen LogP contribution in [0.5, 0.6) is 5.75 Å². The minimum Gasteiger partial charge on any atom is -0.515 e. The first-order valence-corrected chi connectivity index (χ1v) is 9.49. The van der Waals surface area contributed by atoms with Gasteiger partial charge >= 0.3 is 10.1 Å². The van der Waals surface area contributed by atoms with E-state index in [-0.39, 0.29) is 10.5 Å². The molecule has 0 radical (unpaired) electrons. The van der Waals surface area contributed by atoms with E-state index in [4.69, 9.17) is 4.18 Å². The lowest BCUT2D eigenvalue weighted by Gasteiger charge is -2.12. The van der Waals surface area contributed by atoms with E-state index in [1.807, 2.05) is 0 Å². The van der Waals surface area contributed by atoms with Crippen LogP contribution >= 0.6 is 0 Å². The molecule has 0 spiro atoms. The number of aryl methyl sites for hydroxylation is 1. The van der Waals surface area contributed by atoms with E-state index in [0.29, 0.717) is 24.9 Å². The van der Waals surface area contributed by atoms with Crippen molar-refractivity contribution in [2.45, 2.75) is 18.7 Å². The fraction of sp³-hybridized carbons (Fsp3) is 0.158. The smallest absolute Gasteiger partial charge is 0.339 e. The first-order valence-electron chi connectivity index (χ1n) is 8.08. The molecule has 1 N–H and O–H groups in total. The van der Waals surface area contributed by atoms with Gasteiger partial charge in [-0.3, -0.25) is 9.79 Å². The molecule has 148 valence electrons. The summed E-state index contributed by atoms with van der Waals surface area (Å²) in [6.07, 6.45) is 1.46. The molecule has 0 amide bonds. The highest BCUT2D eigenvalue weighted by Gasteiger charge is 2.25. The summed E-state index contributed by atoms with van der Waals surface area (Å²) in [7, 11) is -4.42. The minimum atomic E-state index is -4.42. The molecular formula is C19H17F2NO5S. The third-order valence-electron chi connectivity index (χ3n) is 3.59. The van der Waals surface area contributed by atoms with Crippen molar-refractivity contribution in [1.29, 1.82) is 0 Å². The van der Waals surface area contributed by atoms with Crippen LogP contribution in [0.3, 0.4) is 0 Å². The molecule has 6 nitrogen and oxygen atoms in total. The number of Topliss-reactive ketones (excluding diaryl/α,β-unsaturated/α-hetero) is 1. The van der Waals surface area contributed by atoms with Crippen LogP contribution in [0.15, 0.2) is 58.1 Å². The Kier molecular flexibility index (Phi) is 6.63. The first-order chi connectivity index (χ1) is 13.2. The van der Waals surface area contributed by atoms with Crippen LogP contribution < -0.4 is 4.18 Å². The van der Waals surface area contributed by atoms with E-state index in [1.165, 1.54) is 24.3 Å². The molecule has 0 aromatic heterocycles. The number of rotatable bonds is 7. The summed E-state index contributed by atoms with van der Waals surface area (Å²) in [6.45, 7) is 3.73. The Morgan fingerprint density at radius 3 is 2.36 bits per heavy atom. The SMILES string of the molecule is CCN=C/C(=C\O)C(=O)c1cc(F)c(F)cc1OS(=O)(=O)c1ccc(C)cc1. The summed E-state index contributed by atoms with van der Waals surface area (Å²) in [6, 6.07) is 6.57. The van der Waals surface area contributed by atoms with E-state index < -0.39 is 38.8 Å². The largest absolute Gasteiger partial charge is 0.515 e. The van der Waals surface area contributed by atoms with Crippen molar-refractivity contribution in [3.05, 3.63) is 71.0 Å². The second-order valence-electron chi connectivity index (χ2n) is 5.65. The van der Waals surface area contributed by atoms with E-state index in [1.54, 1.807) is 13.8 Å². The Morgan fingerprint density at radius 1 is 1.18 bits per heavy atom. The zero-order chi connectivity index (χ0) is 20.9. The number of hydrogen-bond donors (Lipinski definition) is 1. The van der Waals surface area contributed by atoms with Crippen LogP contribution in [0.2, 0.25) is 0 Å². The summed E-state index contributed by atoms with van der Waals surface area (Å²) >= 11 is 0. The topological polar surface area (TPSA) is 93.0 Å². The van der Waals surface area contributed by atoms with Gasteiger partial charge in [-0.15, -0.1) is 0 Å². The van der Waals surface area contributed by atoms with Crippen molar-refractivity contribution in [1.82, 2.24) is 0 Å². The van der Waals surface area contributed by atoms with Crippen LogP contribution in [0, 0.1) is 18.6 Å². The van der Waals surface area contributed by atoms with Gasteiger partial charge in [0.15, 0.2) is 17.4 Å². The highest BCUT2D eigenvalue weighted by molar-refractivity contribution is 7.87. The maximum atomic E-state index is 13.7. The molecule has 0 saturated carbocycles. The molecule has 9 heteroatoms. The number of halogens is 2. The molecule has 0 unspecified atom stereocenters. The molecule has 0 aliphatic heterocycles. The standard InChI is InChI=1S/C19H17F2NO5S/c1-3-22-10-13(11-23)19(24)15-8-16(20)17(21)9-18(15)27-28(25,26)14-6-4-12(2)5-7-14/h4-11,23H,3H2,1-2H3/b13-11+,22-10?. The molecule has 0 saturated heterocycles. The number of aliphatic hydroxyl groups is 1. The Balaban J connectivity index is 2.52. The quantitative estimate of drug-likeness (QED) is 0.247. The molecule has 0 aliphatic rings. The van der Waals surface area contributed by atoms with Crippen molar-refractivity contribution >= 4 is 22.1 Å². The molecule has 0 heterocycles. The highest BCUT2D eigenvalue weighted by Crippen LogP contribution is 2.28. The predicted molar refractivity (Wildman–Crippen MR) is 99.4 cm³/mol. The average molecular weight is 409 g/mol. The molecule has 0 bridgehead atoms. The molecule has 2 aromatic rings. The molecule has 0 atom stereocenters. The molecule has 28 heavy (non-hydrogen) atoms. The zero-order valence-electron chi connectivity index (χ0n) is 15.0. The fourth-order valence-electron chi connectivity index (χ4n) is 2.14. The second kappa shape index (κ2) is 8.75. The lowest BCUT2D eigenvalue weighted by Crippen LogP contribution is -2.15. The summed E-state index contributed by atoms with van der Waals surface area (Å²) in [5.74, 6) is -4.49. The molecule has 2 rings (SSSR count). The van der Waals surface area contributed by atoms with Crippen LogP contribution in [-0.2, 0) is 10.1 Å². The number of ketones is 1. The van der Waals surface area contributed by atoms with Gasteiger partial charge in [-0.2, -0.15) is 8.42 Å². The summed E-state index contributed by atoms with van der Waals surface area (Å²) in [5, 5.41) is 9.23. The van der Waals surface area contributed by atoms with Crippen molar-refractivity contribution in [3.63, 3.8) is 0 Å².